The van der Waals surface area contributed by atoms with Crippen LogP contribution in [0.4, 0.5) is 0 Å². The Kier molecular flexibility index (Phi) is 5.21. The average molecular weight is 250 g/mol. The minimum Gasteiger partial charge on any atom is -0.353 e. The highest BCUT2D eigenvalue weighted by Crippen LogP contribution is 2.16. The zero-order chi connectivity index (χ0) is 12.2. The van der Waals surface area contributed by atoms with Gasteiger partial charge in [0, 0.05) is 6.42 Å². The quantitative estimate of drug-likeness (QED) is 0.743. The number of sulfone groups is 1. The van der Waals surface area contributed by atoms with Crippen molar-refractivity contribution in [3.63, 3.8) is 0 Å². The molecule has 16 heavy (non-hydrogen) atoms. The van der Waals surface area contributed by atoms with E-state index < -0.39 is 9.84 Å². The first-order chi connectivity index (χ1) is 7.43. The molecular formula is C11H22O4S. The van der Waals surface area contributed by atoms with E-state index in [0.29, 0.717) is 19.6 Å². The van der Waals surface area contributed by atoms with Crippen LogP contribution in [0.5, 0.6) is 0 Å². The largest absolute Gasteiger partial charge is 0.353 e. The summed E-state index contributed by atoms with van der Waals surface area (Å²) in [7, 11) is -3.02. The number of ether oxygens (including phenoxy) is 2. The zero-order valence-corrected chi connectivity index (χ0v) is 11.1. The molecular weight excluding hydrogens is 228 g/mol. The molecule has 0 aliphatic carbocycles. The Morgan fingerprint density at radius 3 is 2.25 bits per heavy atom. The maximum atomic E-state index is 11.9. The second kappa shape index (κ2) is 5.98. The summed E-state index contributed by atoms with van der Waals surface area (Å²) in [6.45, 7) is 6.96. The van der Waals surface area contributed by atoms with Gasteiger partial charge >= 0.3 is 0 Å². The molecule has 0 aromatic carbocycles. The Bertz CT molecular complexity index is 291. The molecule has 1 aliphatic rings. The molecule has 1 heterocycles. The van der Waals surface area contributed by atoms with Crippen molar-refractivity contribution in [2.45, 2.75) is 45.2 Å². The van der Waals surface area contributed by atoms with Crippen LogP contribution in [0, 0.1) is 5.92 Å². The van der Waals surface area contributed by atoms with Crippen molar-refractivity contribution in [2.24, 2.45) is 5.92 Å². The highest BCUT2D eigenvalue weighted by atomic mass is 32.2. The van der Waals surface area contributed by atoms with E-state index in [0.717, 1.165) is 6.42 Å². The van der Waals surface area contributed by atoms with Gasteiger partial charge < -0.3 is 9.47 Å². The molecule has 1 atom stereocenters. The van der Waals surface area contributed by atoms with Crippen LogP contribution in [0.2, 0.25) is 0 Å². The molecule has 1 aliphatic heterocycles. The van der Waals surface area contributed by atoms with Crippen LogP contribution in [-0.4, -0.2) is 38.9 Å². The summed E-state index contributed by atoms with van der Waals surface area (Å²) in [5.41, 5.74) is 0. The van der Waals surface area contributed by atoms with Gasteiger partial charge in [-0.25, -0.2) is 8.42 Å². The van der Waals surface area contributed by atoms with Crippen LogP contribution in [0.3, 0.4) is 0 Å². The Morgan fingerprint density at radius 2 is 1.75 bits per heavy atom. The molecule has 0 amide bonds. The highest BCUT2D eigenvalue weighted by Gasteiger charge is 2.25. The fourth-order valence-corrected chi connectivity index (χ4v) is 3.29. The maximum absolute atomic E-state index is 11.9. The van der Waals surface area contributed by atoms with Gasteiger partial charge in [0.05, 0.1) is 24.2 Å². The van der Waals surface area contributed by atoms with E-state index in [-0.39, 0.29) is 23.2 Å². The van der Waals surface area contributed by atoms with Crippen LogP contribution in [0.15, 0.2) is 0 Å². The second-order valence-electron chi connectivity index (χ2n) is 4.63. The third kappa shape index (κ3) is 4.03. The van der Waals surface area contributed by atoms with Gasteiger partial charge in [-0.3, -0.25) is 0 Å². The molecule has 0 bridgehead atoms. The second-order valence-corrected chi connectivity index (χ2v) is 7.11. The molecule has 1 fully saturated rings. The first-order valence-electron chi connectivity index (χ1n) is 5.88. The summed E-state index contributed by atoms with van der Waals surface area (Å²) in [5.74, 6) is 0.301. The molecule has 0 aromatic rings. The maximum Gasteiger partial charge on any atom is 0.158 e. The molecule has 0 N–H and O–H groups in total. The van der Waals surface area contributed by atoms with Gasteiger partial charge in [-0.2, -0.15) is 0 Å². The van der Waals surface area contributed by atoms with E-state index in [4.69, 9.17) is 9.47 Å². The van der Waals surface area contributed by atoms with E-state index in [1.807, 2.05) is 13.8 Å². The molecule has 0 spiro atoms. The molecule has 96 valence electrons. The van der Waals surface area contributed by atoms with E-state index in [1.54, 1.807) is 6.92 Å². The van der Waals surface area contributed by atoms with Crippen LogP contribution >= 0.6 is 0 Å². The summed E-state index contributed by atoms with van der Waals surface area (Å²) < 4.78 is 34.5. The Labute approximate surface area is 98.2 Å². The van der Waals surface area contributed by atoms with Crippen LogP contribution < -0.4 is 0 Å². The summed E-state index contributed by atoms with van der Waals surface area (Å²) >= 11 is 0. The number of hydrogen-bond donors (Lipinski definition) is 0. The molecule has 1 unspecified atom stereocenters. The first kappa shape index (κ1) is 13.9. The summed E-state index contributed by atoms with van der Waals surface area (Å²) in [5, 5.41) is -0.295. The molecule has 0 radical (unpaired) electrons. The fraction of sp³-hybridized carbons (Fsp3) is 1.00. The van der Waals surface area contributed by atoms with E-state index in [2.05, 4.69) is 0 Å². The number of rotatable bonds is 5. The summed E-state index contributed by atoms with van der Waals surface area (Å²) in [6.07, 6.45) is 1.01. The van der Waals surface area contributed by atoms with Gasteiger partial charge in [-0.15, -0.1) is 0 Å². The van der Waals surface area contributed by atoms with Gasteiger partial charge in [0.2, 0.25) is 0 Å². The van der Waals surface area contributed by atoms with Crippen molar-refractivity contribution in [3.05, 3.63) is 0 Å². The molecule has 5 heteroatoms. The Balaban J connectivity index is 2.41. The molecule has 1 rings (SSSR count). The molecule has 1 saturated heterocycles. The Hall–Kier alpha value is -0.130. The predicted octanol–water partition coefficient (Wildman–Crippen LogP) is 1.60. The molecule has 0 saturated carbocycles. The first-order valence-corrected chi connectivity index (χ1v) is 7.60. The van der Waals surface area contributed by atoms with Crippen LogP contribution in [-0.2, 0) is 19.3 Å². The van der Waals surface area contributed by atoms with Crippen molar-refractivity contribution in [2.75, 3.05) is 19.0 Å². The lowest BCUT2D eigenvalue weighted by molar-refractivity contribution is -0.178. The average Bonchev–Trinajstić information content (AvgIpc) is 2.27. The minimum absolute atomic E-state index is 0.150. The standard InChI is InChI=1S/C11H22O4S/c1-9(2)10(3)16(12,13)8-5-11-14-6-4-7-15-11/h9-11H,4-8H2,1-3H3. The van der Waals surface area contributed by atoms with Gasteiger partial charge in [0.15, 0.2) is 16.1 Å². The van der Waals surface area contributed by atoms with E-state index in [9.17, 15) is 8.42 Å². The smallest absolute Gasteiger partial charge is 0.158 e. The molecule has 4 nitrogen and oxygen atoms in total. The van der Waals surface area contributed by atoms with Crippen molar-refractivity contribution in [1.82, 2.24) is 0 Å². The lowest BCUT2D eigenvalue weighted by Crippen LogP contribution is -2.31. The normalized spacial score (nSPS) is 21.2. The summed E-state index contributed by atoms with van der Waals surface area (Å²) in [4.78, 5) is 0. The SMILES string of the molecule is CC(C)C(C)S(=O)(=O)CCC1OCCCO1. The van der Waals surface area contributed by atoms with Gasteiger partial charge in [0.25, 0.3) is 0 Å². The lowest BCUT2D eigenvalue weighted by atomic mass is 10.2. The van der Waals surface area contributed by atoms with Crippen molar-refractivity contribution < 1.29 is 17.9 Å². The Morgan fingerprint density at radius 1 is 1.19 bits per heavy atom. The number of hydrogen-bond acceptors (Lipinski definition) is 4. The molecule has 0 aromatic heterocycles. The van der Waals surface area contributed by atoms with Gasteiger partial charge in [0.1, 0.15) is 0 Å². The van der Waals surface area contributed by atoms with Gasteiger partial charge in [-0.1, -0.05) is 13.8 Å². The predicted molar refractivity (Wildman–Crippen MR) is 63.0 cm³/mol. The highest BCUT2D eigenvalue weighted by molar-refractivity contribution is 7.92. The van der Waals surface area contributed by atoms with Crippen molar-refractivity contribution in [1.29, 1.82) is 0 Å². The van der Waals surface area contributed by atoms with Crippen LogP contribution in [0.25, 0.3) is 0 Å². The zero-order valence-electron chi connectivity index (χ0n) is 10.3. The third-order valence-electron chi connectivity index (χ3n) is 3.04. The van der Waals surface area contributed by atoms with Crippen molar-refractivity contribution >= 4 is 9.84 Å². The monoisotopic (exact) mass is 250 g/mol. The summed E-state index contributed by atoms with van der Waals surface area (Å²) in [6, 6.07) is 0. The van der Waals surface area contributed by atoms with Crippen molar-refractivity contribution in [3.8, 4) is 0 Å². The lowest BCUT2D eigenvalue weighted by Gasteiger charge is -2.24. The minimum atomic E-state index is -3.02. The topological polar surface area (TPSA) is 52.6 Å². The fourth-order valence-electron chi connectivity index (χ4n) is 1.56. The third-order valence-corrected chi connectivity index (χ3v) is 5.52. The van der Waals surface area contributed by atoms with Gasteiger partial charge in [-0.05, 0) is 19.3 Å². The van der Waals surface area contributed by atoms with E-state index in [1.165, 1.54) is 0 Å². The van der Waals surface area contributed by atoms with Crippen LogP contribution in [0.1, 0.15) is 33.6 Å². The van der Waals surface area contributed by atoms with E-state index >= 15 is 0 Å².